The molecular formula is C29H34O11. The number of phenolic OH excluding ortho intramolecular Hbond substituents is 1. The van der Waals surface area contributed by atoms with Crippen molar-refractivity contribution in [2.75, 3.05) is 28.1 Å². The molecule has 0 aromatic heterocycles. The summed E-state index contributed by atoms with van der Waals surface area (Å²) in [6.45, 7) is 7.52. The predicted molar refractivity (Wildman–Crippen MR) is 142 cm³/mol. The molecule has 1 heterocycles. The Morgan fingerprint density at radius 1 is 1.00 bits per heavy atom. The van der Waals surface area contributed by atoms with Gasteiger partial charge >= 0.3 is 11.9 Å². The average Bonchev–Trinajstić information content (AvgIpc) is 3.41. The van der Waals surface area contributed by atoms with Gasteiger partial charge in [0.15, 0.2) is 29.1 Å². The Bertz CT molecular complexity index is 1380. The minimum Gasteiger partial charge on any atom is -0.504 e. The largest absolute Gasteiger partial charge is 0.504 e. The second-order valence-electron chi connectivity index (χ2n) is 9.83. The van der Waals surface area contributed by atoms with Gasteiger partial charge in [-0.15, -0.1) is 0 Å². The van der Waals surface area contributed by atoms with Gasteiger partial charge in [-0.05, 0) is 32.9 Å². The lowest BCUT2D eigenvalue weighted by atomic mass is 9.71. The summed E-state index contributed by atoms with van der Waals surface area (Å²) in [5.41, 5.74) is -0.596. The lowest BCUT2D eigenvalue weighted by Gasteiger charge is -2.43. The van der Waals surface area contributed by atoms with Gasteiger partial charge in [-0.25, -0.2) is 4.79 Å². The van der Waals surface area contributed by atoms with E-state index in [1.807, 2.05) is 0 Å². The topological polar surface area (TPSA) is 139 Å². The number of aliphatic hydroxyl groups is 1. The van der Waals surface area contributed by atoms with Gasteiger partial charge in [0.25, 0.3) is 0 Å². The van der Waals surface area contributed by atoms with E-state index < -0.39 is 35.7 Å². The number of esters is 2. The number of fused-ring (bicyclic) bond motifs is 4. The highest BCUT2D eigenvalue weighted by Crippen LogP contribution is 2.61. The molecule has 1 aliphatic carbocycles. The summed E-state index contributed by atoms with van der Waals surface area (Å²) < 4.78 is 39.9. The molecule has 0 spiro atoms. The van der Waals surface area contributed by atoms with Gasteiger partial charge in [-0.3, -0.25) is 4.79 Å². The summed E-state index contributed by atoms with van der Waals surface area (Å²) >= 11 is 0. The molecule has 0 amide bonds. The van der Waals surface area contributed by atoms with E-state index in [0.717, 1.165) is 0 Å². The van der Waals surface area contributed by atoms with E-state index in [1.54, 1.807) is 39.0 Å². The number of ether oxygens (including phenoxy) is 7. The molecule has 4 atom stereocenters. The van der Waals surface area contributed by atoms with Crippen molar-refractivity contribution in [2.45, 2.75) is 52.4 Å². The van der Waals surface area contributed by atoms with Crippen LogP contribution in [0.1, 0.15) is 58.0 Å². The van der Waals surface area contributed by atoms with Crippen LogP contribution in [0.4, 0.5) is 0 Å². The first-order valence-corrected chi connectivity index (χ1v) is 12.6. The molecule has 0 saturated heterocycles. The second-order valence-corrected chi connectivity index (χ2v) is 9.83. The summed E-state index contributed by atoms with van der Waals surface area (Å²) in [6, 6.07) is 3.15. The Labute approximate surface area is 232 Å². The van der Waals surface area contributed by atoms with Crippen molar-refractivity contribution in [2.24, 2.45) is 5.92 Å². The number of carbonyl (C=O) groups excluding carboxylic acids is 2. The van der Waals surface area contributed by atoms with E-state index in [1.165, 1.54) is 35.2 Å². The molecule has 0 radical (unpaired) electrons. The van der Waals surface area contributed by atoms with Crippen molar-refractivity contribution < 1.29 is 53.0 Å². The van der Waals surface area contributed by atoms with Crippen LogP contribution in [0.2, 0.25) is 0 Å². The second kappa shape index (κ2) is 10.8. The number of benzene rings is 2. The predicted octanol–water partition coefficient (Wildman–Crippen LogP) is 4.37. The fraction of sp³-hybridized carbons (Fsp3) is 0.448. The molecule has 0 bridgehead atoms. The molecule has 0 saturated carbocycles. The highest BCUT2D eigenvalue weighted by Gasteiger charge is 2.51. The molecule has 0 fully saturated rings. The van der Waals surface area contributed by atoms with Crippen LogP contribution in [0.5, 0.6) is 34.5 Å². The molecule has 2 N–H and O–H groups in total. The maximum Gasteiger partial charge on any atom is 0.334 e. The molecule has 216 valence electrons. The molecule has 11 nitrogen and oxygen atoms in total. The first kappa shape index (κ1) is 28.9. The fourth-order valence-corrected chi connectivity index (χ4v) is 5.15. The average molecular weight is 559 g/mol. The number of methoxy groups -OCH3 is 3. The number of hydrogen-bond acceptors (Lipinski definition) is 11. The van der Waals surface area contributed by atoms with E-state index in [9.17, 15) is 19.8 Å². The van der Waals surface area contributed by atoms with Crippen LogP contribution in [0, 0.1) is 5.92 Å². The highest BCUT2D eigenvalue weighted by atomic mass is 16.7. The molecule has 4 rings (SSSR count). The third-order valence-corrected chi connectivity index (χ3v) is 7.55. The van der Waals surface area contributed by atoms with E-state index >= 15 is 0 Å². The lowest BCUT2D eigenvalue weighted by Crippen LogP contribution is -2.46. The zero-order chi connectivity index (χ0) is 29.5. The van der Waals surface area contributed by atoms with Crippen LogP contribution in [-0.2, 0) is 19.1 Å². The van der Waals surface area contributed by atoms with E-state index in [0.29, 0.717) is 11.1 Å². The van der Waals surface area contributed by atoms with Gasteiger partial charge < -0.3 is 43.4 Å². The molecular weight excluding hydrogens is 524 g/mol. The molecule has 2 aromatic carbocycles. The standard InChI is InChI=1S/C29H34O11/c1-9-13(2)28(32)40-27-17-11-18(34-6)25(35-7)26(36-8)21(17)20-16(10-19-24(22(20)31)38-12-37-19)23(39-15(4)30)14(3)29(27,5)33/h9-11,14,23,27,31,33H,12H2,1-8H3/b13-9-/t14-,23-,27+,29-/m0/s1. The van der Waals surface area contributed by atoms with Crippen LogP contribution in [-0.4, -0.2) is 55.9 Å². The molecule has 40 heavy (non-hydrogen) atoms. The molecule has 1 aliphatic heterocycles. The Hall–Kier alpha value is -4.12. The normalized spacial score (nSPS) is 23.2. The van der Waals surface area contributed by atoms with Gasteiger partial charge in [0, 0.05) is 40.7 Å². The van der Waals surface area contributed by atoms with Crippen molar-refractivity contribution in [3.8, 4) is 45.6 Å². The Morgan fingerprint density at radius 3 is 2.25 bits per heavy atom. The van der Waals surface area contributed by atoms with Gasteiger partial charge in [-0.2, -0.15) is 0 Å². The lowest BCUT2D eigenvalue weighted by molar-refractivity contribution is -0.182. The summed E-state index contributed by atoms with van der Waals surface area (Å²) in [4.78, 5) is 25.5. The van der Waals surface area contributed by atoms with Crippen molar-refractivity contribution in [3.05, 3.63) is 34.9 Å². The first-order valence-electron chi connectivity index (χ1n) is 12.6. The maximum absolute atomic E-state index is 13.1. The Kier molecular flexibility index (Phi) is 7.80. The van der Waals surface area contributed by atoms with E-state index in [4.69, 9.17) is 33.2 Å². The van der Waals surface area contributed by atoms with Gasteiger partial charge in [0.1, 0.15) is 11.7 Å². The minimum absolute atomic E-state index is 0.0707. The fourth-order valence-electron chi connectivity index (χ4n) is 5.15. The van der Waals surface area contributed by atoms with E-state index in [2.05, 4.69) is 0 Å². The Balaban J connectivity index is 2.22. The van der Waals surface area contributed by atoms with Crippen molar-refractivity contribution >= 4 is 11.9 Å². The van der Waals surface area contributed by atoms with Crippen LogP contribution < -0.4 is 23.7 Å². The van der Waals surface area contributed by atoms with Crippen LogP contribution in [0.15, 0.2) is 23.8 Å². The van der Waals surface area contributed by atoms with Gasteiger partial charge in [0.2, 0.25) is 18.3 Å². The zero-order valence-corrected chi connectivity index (χ0v) is 23.7. The minimum atomic E-state index is -1.84. The summed E-state index contributed by atoms with van der Waals surface area (Å²) in [5.74, 6) is -1.70. The quantitative estimate of drug-likeness (QED) is 0.386. The van der Waals surface area contributed by atoms with Gasteiger partial charge in [-0.1, -0.05) is 13.0 Å². The van der Waals surface area contributed by atoms with Crippen molar-refractivity contribution in [1.29, 1.82) is 0 Å². The van der Waals surface area contributed by atoms with Crippen molar-refractivity contribution in [3.63, 3.8) is 0 Å². The monoisotopic (exact) mass is 558 g/mol. The smallest absolute Gasteiger partial charge is 0.334 e. The van der Waals surface area contributed by atoms with Gasteiger partial charge in [0.05, 0.1) is 21.3 Å². The van der Waals surface area contributed by atoms with Crippen LogP contribution in [0.25, 0.3) is 11.1 Å². The molecule has 11 heteroatoms. The zero-order valence-electron chi connectivity index (χ0n) is 23.7. The number of aromatic hydroxyl groups is 1. The first-order chi connectivity index (χ1) is 18.9. The third kappa shape index (κ3) is 4.53. The maximum atomic E-state index is 13.1. The number of allylic oxidation sites excluding steroid dienone is 1. The summed E-state index contributed by atoms with van der Waals surface area (Å²) in [7, 11) is 4.25. The molecule has 2 aliphatic rings. The Morgan fingerprint density at radius 2 is 1.68 bits per heavy atom. The number of carbonyl (C=O) groups is 2. The number of hydrogen-bond donors (Lipinski definition) is 2. The summed E-state index contributed by atoms with van der Waals surface area (Å²) in [6.07, 6.45) is -0.898. The highest BCUT2D eigenvalue weighted by molar-refractivity contribution is 5.91. The van der Waals surface area contributed by atoms with E-state index in [-0.39, 0.29) is 58.0 Å². The SMILES string of the molecule is C/C=C(/C)C(=O)O[C@@H]1c2cc(OC)c(OC)c(OC)c2-c2c(cc3c(c2O)OCO3)[C@@H](OC(C)=O)[C@H](C)[C@]1(C)O. The summed E-state index contributed by atoms with van der Waals surface area (Å²) in [5, 5.41) is 23.8. The van der Waals surface area contributed by atoms with Crippen LogP contribution >= 0.6 is 0 Å². The van der Waals surface area contributed by atoms with Crippen LogP contribution in [0.3, 0.4) is 0 Å². The number of rotatable bonds is 6. The third-order valence-electron chi connectivity index (χ3n) is 7.55. The molecule has 2 aromatic rings. The van der Waals surface area contributed by atoms with Crippen molar-refractivity contribution in [1.82, 2.24) is 0 Å². The number of phenols is 1. The molecule has 0 unspecified atom stereocenters.